The van der Waals surface area contributed by atoms with Crippen LogP contribution in [0.2, 0.25) is 5.02 Å². The lowest BCUT2D eigenvalue weighted by Crippen LogP contribution is -2.14. The molecule has 0 saturated heterocycles. The van der Waals surface area contributed by atoms with Crippen molar-refractivity contribution in [1.82, 2.24) is 0 Å². The van der Waals surface area contributed by atoms with Crippen molar-refractivity contribution < 1.29 is 9.18 Å². The highest BCUT2D eigenvalue weighted by atomic mass is 79.9. The standard InChI is InChI=1S/C13H9BrClFN2O/c14-9-3-1-2-6(10(9)15)7-4-5-8(13(18)19)12(17)11(7)16/h1-5H,17H2,(H2,18,19). The van der Waals surface area contributed by atoms with Gasteiger partial charge in [0.2, 0.25) is 0 Å². The molecule has 0 atom stereocenters. The van der Waals surface area contributed by atoms with Crippen LogP contribution in [0.25, 0.3) is 11.1 Å². The van der Waals surface area contributed by atoms with Crippen LogP contribution < -0.4 is 11.5 Å². The Hall–Kier alpha value is -1.59. The summed E-state index contributed by atoms with van der Waals surface area (Å²) in [7, 11) is 0. The van der Waals surface area contributed by atoms with Crippen molar-refractivity contribution in [1.29, 1.82) is 0 Å². The molecule has 0 aromatic heterocycles. The number of benzene rings is 2. The topological polar surface area (TPSA) is 69.1 Å². The van der Waals surface area contributed by atoms with Crippen LogP contribution in [0, 0.1) is 5.82 Å². The molecular weight excluding hydrogens is 335 g/mol. The van der Waals surface area contributed by atoms with Crippen molar-refractivity contribution in [3.05, 3.63) is 51.2 Å². The van der Waals surface area contributed by atoms with Gasteiger partial charge in [-0.2, -0.15) is 0 Å². The molecule has 2 aromatic rings. The molecule has 0 bridgehead atoms. The number of hydrogen-bond acceptors (Lipinski definition) is 2. The molecule has 0 aliphatic heterocycles. The van der Waals surface area contributed by atoms with E-state index in [1.807, 2.05) is 0 Å². The first-order valence-electron chi connectivity index (χ1n) is 5.25. The van der Waals surface area contributed by atoms with Crippen LogP contribution >= 0.6 is 27.5 Å². The molecule has 0 aliphatic carbocycles. The van der Waals surface area contributed by atoms with Crippen molar-refractivity contribution in [3.8, 4) is 11.1 Å². The van der Waals surface area contributed by atoms with Crippen molar-refractivity contribution in [2.24, 2.45) is 5.73 Å². The summed E-state index contributed by atoms with van der Waals surface area (Å²) < 4.78 is 14.9. The normalized spacial score (nSPS) is 10.5. The molecule has 0 unspecified atom stereocenters. The number of rotatable bonds is 2. The van der Waals surface area contributed by atoms with Gasteiger partial charge in [-0.3, -0.25) is 4.79 Å². The minimum Gasteiger partial charge on any atom is -0.396 e. The molecule has 0 saturated carbocycles. The average Bonchev–Trinajstić information content (AvgIpc) is 2.36. The summed E-state index contributed by atoms with van der Waals surface area (Å²) >= 11 is 9.37. The van der Waals surface area contributed by atoms with E-state index in [9.17, 15) is 9.18 Å². The van der Waals surface area contributed by atoms with Crippen LogP contribution in [0.5, 0.6) is 0 Å². The maximum Gasteiger partial charge on any atom is 0.250 e. The summed E-state index contributed by atoms with van der Waals surface area (Å²) in [5.41, 5.74) is 11.1. The minimum atomic E-state index is -0.775. The number of hydrogen-bond donors (Lipinski definition) is 2. The van der Waals surface area contributed by atoms with Crippen molar-refractivity contribution in [3.63, 3.8) is 0 Å². The van der Waals surface area contributed by atoms with Gasteiger partial charge in [0.05, 0.1) is 16.3 Å². The Kier molecular flexibility index (Phi) is 3.78. The van der Waals surface area contributed by atoms with Gasteiger partial charge in [-0.05, 0) is 28.1 Å². The highest BCUT2D eigenvalue weighted by Crippen LogP contribution is 2.36. The third kappa shape index (κ3) is 2.43. The van der Waals surface area contributed by atoms with E-state index in [-0.39, 0.29) is 16.8 Å². The lowest BCUT2D eigenvalue weighted by Gasteiger charge is -2.11. The zero-order chi connectivity index (χ0) is 14.2. The van der Waals surface area contributed by atoms with Gasteiger partial charge in [0, 0.05) is 15.6 Å². The van der Waals surface area contributed by atoms with Crippen LogP contribution in [-0.2, 0) is 0 Å². The highest BCUT2D eigenvalue weighted by molar-refractivity contribution is 9.10. The van der Waals surface area contributed by atoms with E-state index in [1.165, 1.54) is 12.1 Å². The van der Waals surface area contributed by atoms with E-state index in [2.05, 4.69) is 15.9 Å². The Morgan fingerprint density at radius 2 is 1.89 bits per heavy atom. The molecule has 0 radical (unpaired) electrons. The molecule has 98 valence electrons. The number of amides is 1. The molecule has 6 heteroatoms. The number of primary amides is 1. The zero-order valence-electron chi connectivity index (χ0n) is 9.58. The van der Waals surface area contributed by atoms with Gasteiger partial charge in [-0.1, -0.05) is 29.8 Å². The zero-order valence-corrected chi connectivity index (χ0v) is 11.9. The molecule has 2 rings (SSSR count). The van der Waals surface area contributed by atoms with Crippen LogP contribution in [0.1, 0.15) is 10.4 Å². The van der Waals surface area contributed by atoms with Crippen LogP contribution in [0.3, 0.4) is 0 Å². The van der Waals surface area contributed by atoms with Gasteiger partial charge >= 0.3 is 0 Å². The van der Waals surface area contributed by atoms with Crippen molar-refractivity contribution in [2.75, 3.05) is 5.73 Å². The third-order valence-electron chi connectivity index (χ3n) is 2.69. The molecule has 0 heterocycles. The summed E-state index contributed by atoms with van der Waals surface area (Å²) in [6.07, 6.45) is 0. The quantitative estimate of drug-likeness (QED) is 0.818. The number of carbonyl (C=O) groups is 1. The number of halogens is 3. The van der Waals surface area contributed by atoms with Crippen molar-refractivity contribution >= 4 is 39.1 Å². The molecule has 3 nitrogen and oxygen atoms in total. The minimum absolute atomic E-state index is 0.0487. The monoisotopic (exact) mass is 342 g/mol. The fourth-order valence-corrected chi connectivity index (χ4v) is 2.32. The Balaban J connectivity index is 2.68. The Labute approximate surface area is 122 Å². The maximum absolute atomic E-state index is 14.2. The van der Waals surface area contributed by atoms with E-state index in [4.69, 9.17) is 23.1 Å². The largest absolute Gasteiger partial charge is 0.396 e. The number of nitrogens with two attached hydrogens (primary N) is 2. The fourth-order valence-electron chi connectivity index (χ4n) is 1.73. The van der Waals surface area contributed by atoms with E-state index < -0.39 is 11.7 Å². The molecular formula is C13H9BrClFN2O. The summed E-state index contributed by atoms with van der Waals surface area (Å²) in [6, 6.07) is 7.94. The van der Waals surface area contributed by atoms with Gasteiger partial charge in [0.25, 0.3) is 5.91 Å². The van der Waals surface area contributed by atoms with E-state index in [1.54, 1.807) is 18.2 Å². The second-order valence-electron chi connectivity index (χ2n) is 3.85. The van der Waals surface area contributed by atoms with Gasteiger partial charge < -0.3 is 11.5 Å². The van der Waals surface area contributed by atoms with Crippen LogP contribution in [0.15, 0.2) is 34.8 Å². The fraction of sp³-hybridized carbons (Fsp3) is 0. The summed E-state index contributed by atoms with van der Waals surface area (Å²) in [4.78, 5) is 11.1. The first kappa shape index (κ1) is 13.8. The second-order valence-corrected chi connectivity index (χ2v) is 5.09. The first-order valence-corrected chi connectivity index (χ1v) is 6.42. The van der Waals surface area contributed by atoms with E-state index in [0.29, 0.717) is 15.1 Å². The Morgan fingerprint density at radius 3 is 2.53 bits per heavy atom. The molecule has 19 heavy (non-hydrogen) atoms. The van der Waals surface area contributed by atoms with Gasteiger partial charge in [-0.15, -0.1) is 0 Å². The molecule has 0 spiro atoms. The maximum atomic E-state index is 14.2. The van der Waals surface area contributed by atoms with E-state index >= 15 is 0 Å². The first-order chi connectivity index (χ1) is 8.93. The Bertz CT molecular complexity index is 676. The molecule has 4 N–H and O–H groups in total. The summed E-state index contributed by atoms with van der Waals surface area (Å²) in [6.45, 7) is 0. The van der Waals surface area contributed by atoms with Crippen molar-refractivity contribution in [2.45, 2.75) is 0 Å². The predicted octanol–water partition coefficient (Wildman–Crippen LogP) is 3.59. The average molecular weight is 344 g/mol. The molecule has 2 aromatic carbocycles. The lowest BCUT2D eigenvalue weighted by molar-refractivity contribution is 0.100. The number of nitrogen functional groups attached to an aromatic ring is 1. The third-order valence-corrected chi connectivity index (χ3v) is 3.98. The van der Waals surface area contributed by atoms with Gasteiger partial charge in [-0.25, -0.2) is 4.39 Å². The molecule has 1 amide bonds. The SMILES string of the molecule is NC(=O)c1ccc(-c2cccc(Br)c2Cl)c(F)c1N. The van der Waals surface area contributed by atoms with Crippen LogP contribution in [0.4, 0.5) is 10.1 Å². The highest BCUT2D eigenvalue weighted by Gasteiger charge is 2.17. The number of carbonyl (C=O) groups excluding carboxylic acids is 1. The van der Waals surface area contributed by atoms with Gasteiger partial charge in [0.1, 0.15) is 0 Å². The smallest absolute Gasteiger partial charge is 0.250 e. The molecule has 0 fully saturated rings. The molecule has 0 aliphatic rings. The second kappa shape index (κ2) is 5.19. The van der Waals surface area contributed by atoms with E-state index in [0.717, 1.165) is 0 Å². The summed E-state index contributed by atoms with van der Waals surface area (Å²) in [5, 5.41) is 0.368. The lowest BCUT2D eigenvalue weighted by atomic mass is 10.0. The summed E-state index contributed by atoms with van der Waals surface area (Å²) in [5.74, 6) is -1.49. The number of anilines is 1. The Morgan fingerprint density at radius 1 is 1.21 bits per heavy atom. The van der Waals surface area contributed by atoms with Crippen LogP contribution in [-0.4, -0.2) is 5.91 Å². The van der Waals surface area contributed by atoms with Gasteiger partial charge in [0.15, 0.2) is 5.82 Å². The predicted molar refractivity (Wildman–Crippen MR) is 77.5 cm³/mol.